The van der Waals surface area contributed by atoms with Crippen LogP contribution in [0.25, 0.3) is 0 Å². The van der Waals surface area contributed by atoms with Crippen LogP contribution in [0.1, 0.15) is 59.8 Å². The summed E-state index contributed by atoms with van der Waals surface area (Å²) >= 11 is 0. The molecule has 0 aliphatic heterocycles. The van der Waals surface area contributed by atoms with E-state index in [0.717, 1.165) is 37.6 Å². The van der Waals surface area contributed by atoms with E-state index in [4.69, 9.17) is 0 Å². The van der Waals surface area contributed by atoms with Gasteiger partial charge in [0.15, 0.2) is 0 Å². The van der Waals surface area contributed by atoms with Crippen molar-refractivity contribution in [3.05, 3.63) is 0 Å². The van der Waals surface area contributed by atoms with Crippen molar-refractivity contribution in [2.45, 2.75) is 65.8 Å². The second-order valence-electron chi connectivity index (χ2n) is 6.63. The van der Waals surface area contributed by atoms with E-state index in [1.807, 2.05) is 0 Å². The number of rotatable bonds is 6. The van der Waals surface area contributed by atoms with Crippen molar-refractivity contribution in [3.8, 4) is 0 Å². The van der Waals surface area contributed by atoms with E-state index in [9.17, 15) is 4.79 Å². The molecule has 0 heterocycles. The van der Waals surface area contributed by atoms with Crippen molar-refractivity contribution in [1.29, 1.82) is 0 Å². The van der Waals surface area contributed by atoms with Crippen molar-refractivity contribution in [2.75, 3.05) is 13.6 Å². The fraction of sp³-hybridized carbons (Fsp3) is 0.938. The van der Waals surface area contributed by atoms with Gasteiger partial charge in [0, 0.05) is 24.9 Å². The standard InChI is InChI=1S/C16H31NO/c1-6-14-7-8-16(18)15(10-14)11-17(5)13(4)9-12(2)3/h12-15H,6-11H2,1-5H3. The first-order valence-electron chi connectivity index (χ1n) is 7.66. The monoisotopic (exact) mass is 253 g/mol. The molecular formula is C16H31NO. The summed E-state index contributed by atoms with van der Waals surface area (Å²) in [5, 5.41) is 0. The number of carbonyl (C=O) groups excluding carboxylic acids is 1. The molecule has 1 saturated carbocycles. The highest BCUT2D eigenvalue weighted by molar-refractivity contribution is 5.81. The maximum atomic E-state index is 12.0. The van der Waals surface area contributed by atoms with Gasteiger partial charge >= 0.3 is 0 Å². The molecule has 0 aromatic carbocycles. The zero-order valence-electron chi connectivity index (χ0n) is 12.9. The van der Waals surface area contributed by atoms with E-state index in [-0.39, 0.29) is 0 Å². The lowest BCUT2D eigenvalue weighted by molar-refractivity contribution is -0.126. The van der Waals surface area contributed by atoms with E-state index >= 15 is 0 Å². The molecule has 0 saturated heterocycles. The van der Waals surface area contributed by atoms with Crippen molar-refractivity contribution >= 4 is 5.78 Å². The van der Waals surface area contributed by atoms with Crippen LogP contribution in [0.4, 0.5) is 0 Å². The van der Waals surface area contributed by atoms with E-state index < -0.39 is 0 Å². The summed E-state index contributed by atoms with van der Waals surface area (Å²) < 4.78 is 0. The molecule has 2 nitrogen and oxygen atoms in total. The Morgan fingerprint density at radius 3 is 2.56 bits per heavy atom. The Balaban J connectivity index is 2.46. The maximum Gasteiger partial charge on any atom is 0.137 e. The predicted molar refractivity (Wildman–Crippen MR) is 77.7 cm³/mol. The quantitative estimate of drug-likeness (QED) is 0.718. The Labute approximate surface area is 113 Å². The molecule has 2 heteroatoms. The molecule has 0 aromatic rings. The Hall–Kier alpha value is -0.370. The molecule has 0 bridgehead atoms. The van der Waals surface area contributed by atoms with Crippen molar-refractivity contribution in [2.24, 2.45) is 17.8 Å². The van der Waals surface area contributed by atoms with E-state index in [0.29, 0.717) is 17.7 Å². The highest BCUT2D eigenvalue weighted by atomic mass is 16.1. The van der Waals surface area contributed by atoms with Gasteiger partial charge in [-0.05, 0) is 45.1 Å². The number of nitrogens with zero attached hydrogens (tertiary/aromatic N) is 1. The highest BCUT2D eigenvalue weighted by Gasteiger charge is 2.29. The lowest BCUT2D eigenvalue weighted by Gasteiger charge is -2.33. The molecule has 1 rings (SSSR count). The van der Waals surface area contributed by atoms with Crippen LogP contribution in [0.15, 0.2) is 0 Å². The third-order valence-corrected chi connectivity index (χ3v) is 4.52. The lowest BCUT2D eigenvalue weighted by atomic mass is 9.79. The minimum absolute atomic E-state index is 0.295. The van der Waals surface area contributed by atoms with Crippen molar-refractivity contribution < 1.29 is 4.79 Å². The number of hydrogen-bond acceptors (Lipinski definition) is 2. The molecule has 0 N–H and O–H groups in total. The second kappa shape index (κ2) is 7.28. The van der Waals surface area contributed by atoms with Gasteiger partial charge in [-0.3, -0.25) is 4.79 Å². The SMILES string of the molecule is CCC1CCC(=O)C(CN(C)C(C)CC(C)C)C1. The van der Waals surface area contributed by atoms with Crippen LogP contribution in [0, 0.1) is 17.8 Å². The van der Waals surface area contributed by atoms with Crippen LogP contribution in [0.3, 0.4) is 0 Å². The smallest absolute Gasteiger partial charge is 0.137 e. The molecule has 3 atom stereocenters. The molecule has 1 aliphatic rings. The minimum Gasteiger partial charge on any atom is -0.303 e. The summed E-state index contributed by atoms with van der Waals surface area (Å²) in [6.07, 6.45) is 5.50. The molecule has 106 valence electrons. The summed E-state index contributed by atoms with van der Waals surface area (Å²) in [5.74, 6) is 2.31. The van der Waals surface area contributed by atoms with Crippen LogP contribution in [-0.2, 0) is 4.79 Å². The highest BCUT2D eigenvalue weighted by Crippen LogP contribution is 2.29. The molecule has 0 radical (unpaired) electrons. The summed E-state index contributed by atoms with van der Waals surface area (Å²) in [7, 11) is 2.18. The van der Waals surface area contributed by atoms with Gasteiger partial charge in [-0.25, -0.2) is 0 Å². The summed E-state index contributed by atoms with van der Waals surface area (Å²) in [6.45, 7) is 10.0. The van der Waals surface area contributed by atoms with Crippen LogP contribution in [0.5, 0.6) is 0 Å². The van der Waals surface area contributed by atoms with E-state index in [1.165, 1.54) is 12.8 Å². The van der Waals surface area contributed by atoms with Crippen LogP contribution >= 0.6 is 0 Å². The van der Waals surface area contributed by atoms with E-state index in [2.05, 4.69) is 39.6 Å². The largest absolute Gasteiger partial charge is 0.303 e. The van der Waals surface area contributed by atoms with Crippen LogP contribution < -0.4 is 0 Å². The van der Waals surface area contributed by atoms with Gasteiger partial charge in [0.05, 0.1) is 0 Å². The molecule has 3 unspecified atom stereocenters. The van der Waals surface area contributed by atoms with Gasteiger partial charge in [0.1, 0.15) is 5.78 Å². The first-order valence-corrected chi connectivity index (χ1v) is 7.66. The van der Waals surface area contributed by atoms with Crippen LogP contribution in [0.2, 0.25) is 0 Å². The first kappa shape index (κ1) is 15.7. The minimum atomic E-state index is 0.295. The summed E-state index contributed by atoms with van der Waals surface area (Å²) in [6, 6.07) is 0.583. The topological polar surface area (TPSA) is 20.3 Å². The number of hydrogen-bond donors (Lipinski definition) is 0. The number of ketones is 1. The Morgan fingerprint density at radius 1 is 1.33 bits per heavy atom. The molecule has 0 aromatic heterocycles. The molecule has 0 amide bonds. The lowest BCUT2D eigenvalue weighted by Crippen LogP contribution is -2.39. The zero-order chi connectivity index (χ0) is 13.7. The maximum absolute atomic E-state index is 12.0. The number of Topliss-reactive ketones (excluding diaryl/α,β-unsaturated/α-hetero) is 1. The van der Waals surface area contributed by atoms with Crippen LogP contribution in [-0.4, -0.2) is 30.3 Å². The number of carbonyl (C=O) groups is 1. The fourth-order valence-corrected chi connectivity index (χ4v) is 3.14. The summed E-state index contributed by atoms with van der Waals surface area (Å²) in [4.78, 5) is 14.4. The van der Waals surface area contributed by atoms with Gasteiger partial charge in [-0.15, -0.1) is 0 Å². The first-order chi connectivity index (χ1) is 8.43. The molecule has 1 fully saturated rings. The van der Waals surface area contributed by atoms with Gasteiger partial charge < -0.3 is 4.90 Å². The van der Waals surface area contributed by atoms with Crippen molar-refractivity contribution in [3.63, 3.8) is 0 Å². The zero-order valence-corrected chi connectivity index (χ0v) is 12.9. The predicted octanol–water partition coefficient (Wildman–Crippen LogP) is 3.75. The molecular weight excluding hydrogens is 222 g/mol. The normalized spacial score (nSPS) is 26.9. The summed E-state index contributed by atoms with van der Waals surface area (Å²) in [5.41, 5.74) is 0. The van der Waals surface area contributed by atoms with Gasteiger partial charge in [-0.1, -0.05) is 27.2 Å². The van der Waals surface area contributed by atoms with Gasteiger partial charge in [0.2, 0.25) is 0 Å². The second-order valence-corrected chi connectivity index (χ2v) is 6.63. The molecule has 0 spiro atoms. The average Bonchev–Trinajstić information content (AvgIpc) is 2.31. The Kier molecular flexibility index (Phi) is 6.34. The average molecular weight is 253 g/mol. The fourth-order valence-electron chi connectivity index (χ4n) is 3.14. The third-order valence-electron chi connectivity index (χ3n) is 4.52. The third kappa shape index (κ3) is 4.72. The molecule has 1 aliphatic carbocycles. The van der Waals surface area contributed by atoms with E-state index in [1.54, 1.807) is 0 Å². The Morgan fingerprint density at radius 2 is 2.00 bits per heavy atom. The molecule has 18 heavy (non-hydrogen) atoms. The Bertz CT molecular complexity index is 262. The van der Waals surface area contributed by atoms with Crippen molar-refractivity contribution in [1.82, 2.24) is 4.90 Å². The van der Waals surface area contributed by atoms with Gasteiger partial charge in [0.25, 0.3) is 0 Å². The van der Waals surface area contributed by atoms with Gasteiger partial charge in [-0.2, -0.15) is 0 Å².